The summed E-state index contributed by atoms with van der Waals surface area (Å²) in [7, 11) is 1.58. The molecule has 0 aliphatic carbocycles. The summed E-state index contributed by atoms with van der Waals surface area (Å²) in [6.07, 6.45) is 0.229. The van der Waals surface area contributed by atoms with Crippen molar-refractivity contribution in [1.29, 1.82) is 0 Å². The summed E-state index contributed by atoms with van der Waals surface area (Å²) in [6.45, 7) is 0. The Morgan fingerprint density at radius 3 is 1.97 bits per heavy atom. The minimum Gasteiger partial charge on any atom is -0.497 e. The summed E-state index contributed by atoms with van der Waals surface area (Å²) in [5.74, 6) is 0.0765. The molecule has 0 aliphatic rings. The molecule has 6 heteroatoms. The second kappa shape index (κ2) is 11.4. The molecule has 2 N–H and O–H groups in total. The number of halogens is 1. The van der Waals surface area contributed by atoms with Gasteiger partial charge in [0.1, 0.15) is 5.75 Å². The van der Waals surface area contributed by atoms with Gasteiger partial charge in [0.2, 0.25) is 5.91 Å². The average Bonchev–Trinajstić information content (AvgIpc) is 2.90. The molecule has 4 aromatic carbocycles. The van der Waals surface area contributed by atoms with Crippen LogP contribution in [0.3, 0.4) is 0 Å². The van der Waals surface area contributed by atoms with Crippen LogP contribution in [-0.2, 0) is 4.79 Å². The van der Waals surface area contributed by atoms with Crippen LogP contribution in [-0.4, -0.2) is 18.9 Å². The van der Waals surface area contributed by atoms with Gasteiger partial charge in [0.05, 0.1) is 17.8 Å². The molecule has 0 radical (unpaired) electrons. The maximum absolute atomic E-state index is 13.1. The molecule has 0 unspecified atom stereocenters. The van der Waals surface area contributed by atoms with Crippen molar-refractivity contribution in [3.63, 3.8) is 0 Å². The van der Waals surface area contributed by atoms with Crippen molar-refractivity contribution in [1.82, 2.24) is 0 Å². The van der Waals surface area contributed by atoms with Crippen LogP contribution in [0.2, 0.25) is 5.02 Å². The van der Waals surface area contributed by atoms with E-state index in [9.17, 15) is 9.59 Å². The van der Waals surface area contributed by atoms with Crippen molar-refractivity contribution in [3.8, 4) is 5.75 Å². The first-order valence-corrected chi connectivity index (χ1v) is 11.6. The number of rotatable bonds is 8. The zero-order valence-electron chi connectivity index (χ0n) is 19.2. The number of hydrogen-bond donors (Lipinski definition) is 2. The molecule has 0 aromatic heterocycles. The molecule has 35 heavy (non-hydrogen) atoms. The Labute approximate surface area is 209 Å². The summed E-state index contributed by atoms with van der Waals surface area (Å²) < 4.78 is 5.14. The van der Waals surface area contributed by atoms with E-state index in [0.29, 0.717) is 27.7 Å². The monoisotopic (exact) mass is 484 g/mol. The molecule has 0 atom stereocenters. The van der Waals surface area contributed by atoms with Gasteiger partial charge in [0.15, 0.2) is 0 Å². The first kappa shape index (κ1) is 24.0. The highest BCUT2D eigenvalue weighted by Gasteiger charge is 2.19. The third-order valence-electron chi connectivity index (χ3n) is 5.64. The summed E-state index contributed by atoms with van der Waals surface area (Å²) in [5, 5.41) is 6.08. The van der Waals surface area contributed by atoms with Crippen LogP contribution in [0.25, 0.3) is 0 Å². The van der Waals surface area contributed by atoms with E-state index in [1.807, 2.05) is 60.7 Å². The minimum absolute atomic E-state index is 0.113. The topological polar surface area (TPSA) is 67.4 Å². The highest BCUT2D eigenvalue weighted by atomic mass is 35.5. The van der Waals surface area contributed by atoms with Gasteiger partial charge in [-0.25, -0.2) is 0 Å². The molecule has 0 saturated heterocycles. The van der Waals surface area contributed by atoms with E-state index in [4.69, 9.17) is 16.3 Å². The highest BCUT2D eigenvalue weighted by Crippen LogP contribution is 2.30. The van der Waals surface area contributed by atoms with Crippen LogP contribution < -0.4 is 15.4 Å². The summed E-state index contributed by atoms with van der Waals surface area (Å²) >= 11 is 6.35. The molecule has 5 nitrogen and oxygen atoms in total. The predicted molar refractivity (Wildman–Crippen MR) is 140 cm³/mol. The zero-order chi connectivity index (χ0) is 24.6. The number of carbonyl (C=O) groups excluding carboxylic acids is 2. The lowest BCUT2D eigenvalue weighted by atomic mass is 9.88. The Bertz CT molecular complexity index is 1250. The molecule has 2 amide bonds. The maximum atomic E-state index is 13.1. The Hall–Kier alpha value is -4.09. The van der Waals surface area contributed by atoms with Gasteiger partial charge in [-0.2, -0.15) is 0 Å². The molecule has 176 valence electrons. The van der Waals surface area contributed by atoms with Gasteiger partial charge in [0.25, 0.3) is 5.91 Å². The smallest absolute Gasteiger partial charge is 0.255 e. The fourth-order valence-electron chi connectivity index (χ4n) is 3.83. The number of ether oxygens (including phenoxy) is 1. The van der Waals surface area contributed by atoms with Crippen molar-refractivity contribution < 1.29 is 14.3 Å². The highest BCUT2D eigenvalue weighted by molar-refractivity contribution is 6.34. The van der Waals surface area contributed by atoms with Gasteiger partial charge >= 0.3 is 0 Å². The molecule has 4 rings (SSSR count). The Morgan fingerprint density at radius 1 is 0.800 bits per heavy atom. The maximum Gasteiger partial charge on any atom is 0.255 e. The number of anilines is 2. The van der Waals surface area contributed by atoms with Crippen LogP contribution in [0.1, 0.15) is 33.8 Å². The molecule has 0 heterocycles. The Balaban J connectivity index is 1.49. The van der Waals surface area contributed by atoms with E-state index in [2.05, 4.69) is 10.6 Å². The van der Waals surface area contributed by atoms with Crippen LogP contribution in [0, 0.1) is 0 Å². The predicted octanol–water partition coefficient (Wildman–Crippen LogP) is 6.76. The number of nitrogens with one attached hydrogen (secondary N) is 2. The van der Waals surface area contributed by atoms with Crippen molar-refractivity contribution in [3.05, 3.63) is 125 Å². The summed E-state index contributed by atoms with van der Waals surface area (Å²) in [4.78, 5) is 25.8. The molecule has 0 aliphatic heterocycles. The number of carbonyl (C=O) groups is 2. The minimum atomic E-state index is -0.311. The first-order valence-electron chi connectivity index (χ1n) is 11.2. The van der Waals surface area contributed by atoms with E-state index in [1.165, 1.54) is 0 Å². The summed E-state index contributed by atoms with van der Waals surface area (Å²) in [6, 6.07) is 31.7. The molecule has 0 saturated carbocycles. The SMILES string of the molecule is COc1ccc(NC(=O)c2ccc(Cl)c(NC(=O)CC(c3ccccc3)c3ccccc3)c2)cc1. The van der Waals surface area contributed by atoms with Gasteiger partial charge in [0, 0.05) is 23.6 Å². The normalized spacial score (nSPS) is 10.6. The van der Waals surface area contributed by atoms with Crippen molar-refractivity contribution in [2.75, 3.05) is 17.7 Å². The molecular weight excluding hydrogens is 460 g/mol. The third kappa shape index (κ3) is 6.28. The molecule has 0 spiro atoms. The second-order valence-electron chi connectivity index (χ2n) is 8.00. The van der Waals surface area contributed by atoms with Crippen LogP contribution in [0.5, 0.6) is 5.75 Å². The lowest BCUT2D eigenvalue weighted by molar-refractivity contribution is -0.116. The van der Waals surface area contributed by atoms with Crippen molar-refractivity contribution in [2.24, 2.45) is 0 Å². The standard InChI is InChI=1S/C29H25ClN2O3/c1-35-24-15-13-23(14-16-24)31-29(34)22-12-17-26(30)27(18-22)32-28(33)19-25(20-8-4-2-5-9-20)21-10-6-3-7-11-21/h2-18,25H,19H2,1H3,(H,31,34)(H,32,33). The largest absolute Gasteiger partial charge is 0.497 e. The molecular formula is C29H25ClN2O3. The third-order valence-corrected chi connectivity index (χ3v) is 5.97. The van der Waals surface area contributed by atoms with Gasteiger partial charge in [-0.15, -0.1) is 0 Å². The van der Waals surface area contributed by atoms with Crippen LogP contribution in [0.4, 0.5) is 11.4 Å². The number of benzene rings is 4. The van der Waals surface area contributed by atoms with Gasteiger partial charge in [-0.05, 0) is 53.6 Å². The van der Waals surface area contributed by atoms with E-state index in [-0.39, 0.29) is 24.2 Å². The molecule has 0 fully saturated rings. The van der Waals surface area contributed by atoms with Crippen molar-refractivity contribution >= 4 is 34.8 Å². The number of amides is 2. The van der Waals surface area contributed by atoms with Crippen LogP contribution >= 0.6 is 11.6 Å². The van der Waals surface area contributed by atoms with E-state index in [1.54, 1.807) is 49.6 Å². The first-order chi connectivity index (χ1) is 17.0. The van der Waals surface area contributed by atoms with E-state index >= 15 is 0 Å². The van der Waals surface area contributed by atoms with Gasteiger partial charge < -0.3 is 15.4 Å². The fourth-order valence-corrected chi connectivity index (χ4v) is 3.99. The lowest BCUT2D eigenvalue weighted by Gasteiger charge is -2.18. The number of hydrogen-bond acceptors (Lipinski definition) is 3. The lowest BCUT2D eigenvalue weighted by Crippen LogP contribution is -2.18. The quantitative estimate of drug-likeness (QED) is 0.290. The van der Waals surface area contributed by atoms with E-state index < -0.39 is 0 Å². The molecule has 4 aromatic rings. The number of methoxy groups -OCH3 is 1. The zero-order valence-corrected chi connectivity index (χ0v) is 20.0. The Kier molecular flexibility index (Phi) is 7.81. The van der Waals surface area contributed by atoms with Gasteiger partial charge in [-0.3, -0.25) is 9.59 Å². The second-order valence-corrected chi connectivity index (χ2v) is 8.41. The Morgan fingerprint density at radius 2 is 1.40 bits per heavy atom. The fraction of sp³-hybridized carbons (Fsp3) is 0.103. The van der Waals surface area contributed by atoms with Crippen molar-refractivity contribution in [2.45, 2.75) is 12.3 Å². The van der Waals surface area contributed by atoms with Gasteiger partial charge in [-0.1, -0.05) is 72.3 Å². The average molecular weight is 485 g/mol. The molecule has 0 bridgehead atoms. The summed E-state index contributed by atoms with van der Waals surface area (Å²) in [5.41, 5.74) is 3.49. The van der Waals surface area contributed by atoms with E-state index in [0.717, 1.165) is 11.1 Å². The van der Waals surface area contributed by atoms with Crippen LogP contribution in [0.15, 0.2) is 103 Å².